The van der Waals surface area contributed by atoms with Gasteiger partial charge in [-0.05, 0) is 26.0 Å². The van der Waals surface area contributed by atoms with Gasteiger partial charge in [-0.1, -0.05) is 6.07 Å². The monoisotopic (exact) mass is 500 g/mol. The summed E-state index contributed by atoms with van der Waals surface area (Å²) in [6.45, 7) is 1.55. The summed E-state index contributed by atoms with van der Waals surface area (Å²) in [4.78, 5) is 26.1. The van der Waals surface area contributed by atoms with Crippen molar-refractivity contribution in [2.24, 2.45) is 0 Å². The molecule has 0 aliphatic heterocycles. The zero-order valence-corrected chi connectivity index (χ0v) is 17.8. The molecule has 0 aliphatic carbocycles. The molecule has 0 fully saturated rings. The van der Waals surface area contributed by atoms with Gasteiger partial charge in [0.2, 0.25) is 11.9 Å². The highest BCUT2D eigenvalue weighted by Gasteiger charge is 2.38. The Labute approximate surface area is 187 Å². The molecule has 9 nitrogen and oxygen atoms in total. The number of aliphatic hydroxyl groups is 1. The van der Waals surface area contributed by atoms with E-state index in [9.17, 15) is 36.2 Å². The van der Waals surface area contributed by atoms with E-state index < -0.39 is 48.4 Å². The van der Waals surface area contributed by atoms with E-state index in [1.165, 1.54) is 18.2 Å². The van der Waals surface area contributed by atoms with Gasteiger partial charge in [0.15, 0.2) is 11.9 Å². The number of rotatable bonds is 9. The number of aliphatic hydroxyl groups excluding tert-OH is 1. The third kappa shape index (κ3) is 7.88. The number of anilines is 2. The summed E-state index contributed by atoms with van der Waals surface area (Å²) in [5.74, 6) is -3.31. The van der Waals surface area contributed by atoms with Crippen LogP contribution in [0.1, 0.15) is 13.8 Å². The SMILES string of the molecule is C[C@@H](Nc1nc(N[C@H](C)C(F)(F)F)nc(-c2cccc(SCC(O)C(=O)O)n2)n1)C(F)(F)F. The first kappa shape index (κ1) is 26.4. The molecule has 0 bridgehead atoms. The molecule has 0 amide bonds. The molecule has 0 spiro atoms. The largest absolute Gasteiger partial charge is 0.479 e. The third-order valence-electron chi connectivity index (χ3n) is 3.94. The lowest BCUT2D eigenvalue weighted by molar-refractivity contribution is -0.145. The van der Waals surface area contributed by atoms with E-state index in [0.29, 0.717) is 0 Å². The number of nitrogens with one attached hydrogen (secondary N) is 2. The molecule has 33 heavy (non-hydrogen) atoms. The predicted octanol–water partition coefficient (Wildman–Crippen LogP) is 3.20. The van der Waals surface area contributed by atoms with Crippen LogP contribution in [0.5, 0.6) is 0 Å². The Morgan fingerprint density at radius 2 is 1.48 bits per heavy atom. The maximum Gasteiger partial charge on any atom is 0.408 e. The number of halogens is 6. The Morgan fingerprint density at radius 1 is 0.970 bits per heavy atom. The zero-order valence-electron chi connectivity index (χ0n) is 16.9. The van der Waals surface area contributed by atoms with Gasteiger partial charge in [-0.2, -0.15) is 41.3 Å². The maximum absolute atomic E-state index is 12.9. The lowest BCUT2D eigenvalue weighted by Gasteiger charge is -2.20. The summed E-state index contributed by atoms with van der Waals surface area (Å²) < 4.78 is 77.5. The van der Waals surface area contributed by atoms with Crippen LogP contribution in [0.3, 0.4) is 0 Å². The molecule has 4 N–H and O–H groups in total. The summed E-state index contributed by atoms with van der Waals surface area (Å²) >= 11 is 0.860. The van der Waals surface area contributed by atoms with Crippen LogP contribution in [0, 0.1) is 0 Å². The smallest absolute Gasteiger partial charge is 0.408 e. The van der Waals surface area contributed by atoms with Crippen molar-refractivity contribution in [3.8, 4) is 11.5 Å². The van der Waals surface area contributed by atoms with E-state index >= 15 is 0 Å². The van der Waals surface area contributed by atoms with Crippen molar-refractivity contribution in [2.75, 3.05) is 16.4 Å². The summed E-state index contributed by atoms with van der Waals surface area (Å²) in [5.41, 5.74) is -0.0300. The quantitative estimate of drug-likeness (QED) is 0.301. The molecule has 2 rings (SSSR count). The summed E-state index contributed by atoms with van der Waals surface area (Å²) in [6, 6.07) is 0.0140. The molecular weight excluding hydrogens is 482 g/mol. The van der Waals surface area contributed by atoms with Gasteiger partial charge in [0, 0.05) is 5.75 Å². The Hall–Kier alpha value is -2.88. The molecular formula is C17H18F6N6O3S. The van der Waals surface area contributed by atoms with Gasteiger partial charge < -0.3 is 20.8 Å². The van der Waals surface area contributed by atoms with Gasteiger partial charge in [-0.15, -0.1) is 11.8 Å². The fraction of sp³-hybridized carbons (Fsp3) is 0.471. The molecule has 3 atom stereocenters. The number of hydrogen-bond donors (Lipinski definition) is 4. The average molecular weight is 500 g/mol. The first-order valence-electron chi connectivity index (χ1n) is 9.10. The summed E-state index contributed by atoms with van der Waals surface area (Å²) in [6.07, 6.45) is -11.0. The van der Waals surface area contributed by atoms with Crippen molar-refractivity contribution in [2.45, 2.75) is 49.4 Å². The topological polar surface area (TPSA) is 133 Å². The molecule has 0 radical (unpaired) electrons. The Bertz CT molecular complexity index is 937. The molecule has 2 heterocycles. The van der Waals surface area contributed by atoms with Crippen molar-refractivity contribution in [1.82, 2.24) is 19.9 Å². The van der Waals surface area contributed by atoms with E-state index in [-0.39, 0.29) is 22.3 Å². The highest BCUT2D eigenvalue weighted by molar-refractivity contribution is 7.99. The number of aliphatic carboxylic acids is 1. The second kappa shape index (κ2) is 10.4. The number of pyridine rings is 1. The van der Waals surface area contributed by atoms with Crippen LogP contribution in [-0.4, -0.2) is 72.4 Å². The first-order valence-corrected chi connectivity index (χ1v) is 10.1. The summed E-state index contributed by atoms with van der Waals surface area (Å²) in [5, 5.41) is 22.2. The minimum absolute atomic E-state index is 0.0300. The molecule has 1 unspecified atom stereocenters. The lowest BCUT2D eigenvalue weighted by atomic mass is 10.3. The molecule has 0 saturated heterocycles. The minimum Gasteiger partial charge on any atom is -0.479 e. The van der Waals surface area contributed by atoms with Gasteiger partial charge in [0.05, 0.1) is 5.03 Å². The first-order chi connectivity index (χ1) is 15.2. The van der Waals surface area contributed by atoms with Crippen LogP contribution in [0.15, 0.2) is 23.2 Å². The highest BCUT2D eigenvalue weighted by Crippen LogP contribution is 2.26. The molecule has 0 aliphatic rings. The Morgan fingerprint density at radius 3 is 1.94 bits per heavy atom. The number of hydrogen-bond acceptors (Lipinski definition) is 9. The van der Waals surface area contributed by atoms with Gasteiger partial charge in [0.25, 0.3) is 0 Å². The number of carboxylic acid groups (broad SMARTS) is 1. The van der Waals surface area contributed by atoms with Crippen LogP contribution >= 0.6 is 11.8 Å². The predicted molar refractivity (Wildman–Crippen MR) is 106 cm³/mol. The van der Waals surface area contributed by atoms with Gasteiger partial charge >= 0.3 is 18.3 Å². The fourth-order valence-electron chi connectivity index (χ4n) is 2.03. The highest BCUT2D eigenvalue weighted by atomic mass is 32.2. The van der Waals surface area contributed by atoms with Gasteiger partial charge in [0.1, 0.15) is 17.8 Å². The number of thioether (sulfide) groups is 1. The minimum atomic E-state index is -4.68. The van der Waals surface area contributed by atoms with Gasteiger partial charge in [-0.3, -0.25) is 0 Å². The third-order valence-corrected chi connectivity index (χ3v) is 4.94. The second-order valence-electron chi connectivity index (χ2n) is 6.65. The van der Waals surface area contributed by atoms with Crippen LogP contribution in [0.2, 0.25) is 0 Å². The second-order valence-corrected chi connectivity index (χ2v) is 7.69. The number of carboxylic acids is 1. The van der Waals surface area contributed by atoms with Crippen LogP contribution < -0.4 is 10.6 Å². The Kier molecular flexibility index (Phi) is 8.29. The number of nitrogens with zero attached hydrogens (tertiary/aromatic N) is 4. The van der Waals surface area contributed by atoms with E-state index in [1.807, 2.05) is 10.6 Å². The molecule has 2 aromatic rings. The van der Waals surface area contributed by atoms with Crippen LogP contribution in [0.4, 0.5) is 38.2 Å². The fourth-order valence-corrected chi connectivity index (χ4v) is 2.83. The average Bonchev–Trinajstić information content (AvgIpc) is 2.70. The normalized spacial score (nSPS) is 14.9. The van der Waals surface area contributed by atoms with Crippen molar-refractivity contribution >= 4 is 29.6 Å². The molecule has 2 aromatic heterocycles. The van der Waals surface area contributed by atoms with E-state index in [4.69, 9.17) is 5.11 Å². The zero-order chi connectivity index (χ0) is 25.0. The van der Waals surface area contributed by atoms with E-state index in [1.54, 1.807) is 0 Å². The summed E-state index contributed by atoms with van der Waals surface area (Å²) in [7, 11) is 0. The van der Waals surface area contributed by atoms with Crippen LogP contribution in [0.25, 0.3) is 11.5 Å². The molecule has 16 heteroatoms. The van der Waals surface area contributed by atoms with Crippen LogP contribution in [-0.2, 0) is 4.79 Å². The van der Waals surface area contributed by atoms with Crippen molar-refractivity contribution < 1.29 is 41.4 Å². The van der Waals surface area contributed by atoms with E-state index in [0.717, 1.165) is 25.6 Å². The maximum atomic E-state index is 12.9. The molecule has 0 aromatic carbocycles. The van der Waals surface area contributed by atoms with Crippen molar-refractivity contribution in [1.29, 1.82) is 0 Å². The standard InChI is InChI=1S/C17H18F6N6O3S/c1-7(16(18,19)20)24-14-27-12(28-15(29-14)25-8(2)17(21,22)23)9-4-3-5-11(26-9)33-6-10(30)13(31)32/h3-5,7-8,10,30H,6H2,1-2H3,(H,31,32)(H2,24,25,27,28,29)/t7-,8-,10?/m1/s1. The molecule has 182 valence electrons. The lowest BCUT2D eigenvalue weighted by Crippen LogP contribution is -2.35. The number of carbonyl (C=O) groups is 1. The Balaban J connectivity index is 2.40. The molecule has 0 saturated carbocycles. The number of alkyl halides is 6. The van der Waals surface area contributed by atoms with Gasteiger partial charge in [-0.25, -0.2) is 9.78 Å². The van der Waals surface area contributed by atoms with Crippen molar-refractivity contribution in [3.05, 3.63) is 18.2 Å². The van der Waals surface area contributed by atoms with E-state index in [2.05, 4.69) is 19.9 Å². The number of aromatic nitrogens is 4. The van der Waals surface area contributed by atoms with Crippen molar-refractivity contribution in [3.63, 3.8) is 0 Å².